The summed E-state index contributed by atoms with van der Waals surface area (Å²) in [7, 11) is -30.7. The van der Waals surface area contributed by atoms with Crippen molar-refractivity contribution in [2.24, 2.45) is 0 Å². The molecule has 0 saturated carbocycles. The second-order valence-electron chi connectivity index (χ2n) is 16.4. The molecule has 0 fully saturated rings. The summed E-state index contributed by atoms with van der Waals surface area (Å²) in [6, 6.07) is 9.75. The summed E-state index contributed by atoms with van der Waals surface area (Å²) in [5, 5.41) is 51.7. The van der Waals surface area contributed by atoms with Crippen molar-refractivity contribution < 1.29 is 98.2 Å². The fourth-order valence-corrected chi connectivity index (χ4v) is 10.8. The summed E-state index contributed by atoms with van der Waals surface area (Å²) in [4.78, 5) is 20.5. The first-order chi connectivity index (χ1) is 36.7. The molecule has 4 unspecified atom stereocenters. The molecule has 0 saturated heterocycles. The van der Waals surface area contributed by atoms with Crippen LogP contribution in [0.15, 0.2) is 102 Å². The van der Waals surface area contributed by atoms with Crippen LogP contribution in [0.25, 0.3) is 12.2 Å². The van der Waals surface area contributed by atoms with Crippen molar-refractivity contribution in [3.8, 4) is 0 Å². The fraction of sp³-hybridized carbons (Fsp3) is 0.200. The van der Waals surface area contributed by atoms with E-state index >= 15 is 0 Å². The molecule has 0 amide bonds. The van der Waals surface area contributed by atoms with Gasteiger partial charge in [0.05, 0.1) is 21.2 Å². The average Bonchev–Trinajstić information content (AvgIpc) is 3.29. The molecule has 14 N–H and O–H groups in total. The Morgan fingerprint density at radius 3 is 0.925 bits per heavy atom. The molecule has 2 heterocycles. The summed E-state index contributed by atoms with van der Waals surface area (Å²) in [6.45, 7) is 4.69. The largest absolute Gasteiger partial charge is 0.374 e. The number of aromatic nitrogens is 6. The Morgan fingerprint density at radius 1 is 0.375 bits per heavy atom. The van der Waals surface area contributed by atoms with Gasteiger partial charge in [-0.3, -0.25) is 37.1 Å². The summed E-state index contributed by atoms with van der Waals surface area (Å²) in [5.74, 6) is -3.69. The summed E-state index contributed by atoms with van der Waals surface area (Å²) in [5.41, 5.74) is -2.66. The lowest BCUT2D eigenvalue weighted by atomic mass is 10.1. The van der Waals surface area contributed by atoms with Gasteiger partial charge in [-0.1, -0.05) is 24.3 Å². The van der Waals surface area contributed by atoms with E-state index in [0.717, 1.165) is 58.4 Å². The van der Waals surface area contributed by atoms with E-state index in [1.807, 2.05) is 0 Å². The maximum Gasteiger partial charge on any atom is 0.296 e. The molecule has 0 spiro atoms. The smallest absolute Gasteiger partial charge is 0.296 e. The first-order valence-electron chi connectivity index (χ1n) is 21.7. The molecule has 0 aliphatic carbocycles. The van der Waals surface area contributed by atoms with Gasteiger partial charge in [0.2, 0.25) is 35.7 Å². The third kappa shape index (κ3) is 15.3. The van der Waals surface area contributed by atoms with E-state index in [1.54, 1.807) is 0 Å². The molecule has 432 valence electrons. The highest BCUT2D eigenvalue weighted by atomic mass is 32.2. The number of nitrogens with zero attached hydrogens (tertiary/aromatic N) is 8. The van der Waals surface area contributed by atoms with Gasteiger partial charge in [0, 0.05) is 11.4 Å². The predicted octanol–water partition coefficient (Wildman–Crippen LogP) is 1.65. The molecule has 4 aromatic carbocycles. The lowest BCUT2D eigenvalue weighted by Gasteiger charge is -2.28. The van der Waals surface area contributed by atoms with E-state index in [9.17, 15) is 98.2 Å². The molecule has 0 radical (unpaired) electrons. The summed E-state index contributed by atoms with van der Waals surface area (Å²) in [6.07, 6.45) is -4.28. The molecule has 0 bridgehead atoms. The number of nitrogens with one attached hydrogen (secondary N) is 4. The normalized spacial score (nSPS) is 14.2. The molecule has 34 nitrogen and oxygen atoms in total. The maximum absolute atomic E-state index is 12.8. The van der Waals surface area contributed by atoms with E-state index < -0.39 is 162 Å². The van der Waals surface area contributed by atoms with Crippen molar-refractivity contribution in [2.45, 2.75) is 82.0 Å². The van der Waals surface area contributed by atoms with Gasteiger partial charge in [-0.25, -0.2) is 0 Å². The van der Waals surface area contributed by atoms with Crippen LogP contribution in [0.2, 0.25) is 0 Å². The molecule has 80 heavy (non-hydrogen) atoms. The first-order valence-corrected chi connectivity index (χ1v) is 30.3. The zero-order chi connectivity index (χ0) is 59.8. The number of rotatable bonds is 22. The lowest BCUT2D eigenvalue weighted by molar-refractivity contribution is 0.102. The van der Waals surface area contributed by atoms with Gasteiger partial charge in [0.15, 0.2) is 0 Å². The molecule has 40 heteroatoms. The van der Waals surface area contributed by atoms with Gasteiger partial charge >= 0.3 is 0 Å². The Labute approximate surface area is 454 Å². The third-order valence-electron chi connectivity index (χ3n) is 10.4. The van der Waals surface area contributed by atoms with E-state index in [0.29, 0.717) is 36.4 Å². The Morgan fingerprint density at radius 2 is 0.662 bits per heavy atom. The van der Waals surface area contributed by atoms with Crippen LogP contribution in [-0.2, 0) is 60.7 Å². The molecule has 6 aromatic rings. The molecule has 0 aliphatic heterocycles. The summed E-state index contributed by atoms with van der Waals surface area (Å²) >= 11 is 0. The van der Waals surface area contributed by atoms with Crippen LogP contribution in [0.3, 0.4) is 0 Å². The van der Waals surface area contributed by atoms with Gasteiger partial charge < -0.3 is 41.7 Å². The second-order valence-corrected chi connectivity index (χ2v) is 24.8. The van der Waals surface area contributed by atoms with Crippen molar-refractivity contribution in [1.82, 2.24) is 29.9 Å². The number of aliphatic hydroxyl groups excluding tert-OH is 4. The lowest BCUT2D eigenvalue weighted by Crippen LogP contribution is -2.41. The van der Waals surface area contributed by atoms with E-state index in [1.165, 1.54) is 27.7 Å². The number of aliphatic hydroxyl groups is 4. The Hall–Kier alpha value is -7.26. The van der Waals surface area contributed by atoms with E-state index in [-0.39, 0.29) is 22.5 Å². The van der Waals surface area contributed by atoms with Gasteiger partial charge in [-0.15, -0.1) is 0 Å². The highest BCUT2D eigenvalue weighted by molar-refractivity contribution is 7.87. The van der Waals surface area contributed by atoms with Crippen molar-refractivity contribution in [1.29, 1.82) is 0 Å². The van der Waals surface area contributed by atoms with Gasteiger partial charge in [-0.05, 0) is 99.5 Å². The highest BCUT2D eigenvalue weighted by Gasteiger charge is 2.28. The Bertz CT molecular complexity index is 3860. The standard InChI is InChI=1S/C40H44N12O22S6/c1-19(53)51(20(2)54)39-47-35(45-37(49-39)43-29-17-27(75(57,58)59)11-13-31(29)77(63,64)65)41-25-9-7-23(33(15-25)79(69,70)71)5-6-24-8-10-26(16-34(24)80(72,73)74)42-36-46-38(50-40(48-36)52(21(3)55)22(4)56)44-30-18-28(76(60,61)62)12-14-32(30)78(66,67)68/h5-22,53-56H,1-4H3,(H,57,58,59)(H,60,61,62)(H,63,64,65)(H,66,67,68)(H,69,70,71)(H,72,73,74)(H2,41,43,45,47,49)(H2,42,44,46,48,50)/b6-5+. The van der Waals surface area contributed by atoms with Crippen LogP contribution in [0.4, 0.5) is 58.4 Å². The first kappa shape index (κ1) is 61.9. The number of hydrogen-bond donors (Lipinski definition) is 14. The van der Waals surface area contributed by atoms with Crippen molar-refractivity contribution in [3.63, 3.8) is 0 Å². The van der Waals surface area contributed by atoms with Crippen LogP contribution in [0, 0.1) is 0 Å². The zero-order valence-corrected chi connectivity index (χ0v) is 45.7. The number of anilines is 10. The van der Waals surface area contributed by atoms with Gasteiger partial charge in [0.1, 0.15) is 44.5 Å². The van der Waals surface area contributed by atoms with Crippen LogP contribution in [-0.4, -0.2) is 153 Å². The van der Waals surface area contributed by atoms with E-state index in [2.05, 4.69) is 51.2 Å². The van der Waals surface area contributed by atoms with Crippen molar-refractivity contribution in [3.05, 3.63) is 83.9 Å². The minimum absolute atomic E-state index is 0.255. The van der Waals surface area contributed by atoms with Crippen LogP contribution >= 0.6 is 0 Å². The Kier molecular flexibility index (Phi) is 17.9. The molecule has 2 aromatic heterocycles. The molecule has 4 atom stereocenters. The quantitative estimate of drug-likeness (QED) is 0.0261. The highest BCUT2D eigenvalue weighted by Crippen LogP contribution is 2.33. The van der Waals surface area contributed by atoms with Gasteiger partial charge in [0.25, 0.3) is 60.7 Å². The minimum Gasteiger partial charge on any atom is -0.374 e. The number of benzene rings is 4. The number of hydrogen-bond acceptors (Lipinski definition) is 28. The maximum atomic E-state index is 12.8. The molecular weight excluding hydrogens is 1190 g/mol. The Balaban J connectivity index is 1.39. The van der Waals surface area contributed by atoms with Gasteiger partial charge in [-0.2, -0.15) is 80.4 Å². The van der Waals surface area contributed by atoms with Crippen LogP contribution in [0.5, 0.6) is 0 Å². The van der Waals surface area contributed by atoms with E-state index in [4.69, 9.17) is 0 Å². The van der Waals surface area contributed by atoms with Crippen molar-refractivity contribution >= 4 is 131 Å². The third-order valence-corrected chi connectivity index (χ3v) is 15.7. The molecule has 0 aliphatic rings. The topological polar surface area (TPSA) is 539 Å². The second kappa shape index (κ2) is 23.1. The SMILES string of the molecule is CC(O)N(c1nc(Nc2ccc(/C=C/c3ccc(Nc4nc(Nc5cc(S(=O)(=O)O)ccc5S(=O)(=O)O)nc(N(C(C)O)C(C)O)n4)cc3S(=O)(=O)O)c(S(=O)(=O)O)c2)nc(Nc2cc(S(=O)(=O)O)ccc2S(=O)(=O)O)n1)C(C)O. The molecule has 6 rings (SSSR count). The monoisotopic (exact) mass is 1240 g/mol. The predicted molar refractivity (Wildman–Crippen MR) is 278 cm³/mol. The fourth-order valence-electron chi connectivity index (χ4n) is 7.09. The van der Waals surface area contributed by atoms with Crippen LogP contribution in [0.1, 0.15) is 38.8 Å². The van der Waals surface area contributed by atoms with Crippen molar-refractivity contribution in [2.75, 3.05) is 31.1 Å². The molecular formula is C40H44N12O22S6. The zero-order valence-electron chi connectivity index (χ0n) is 40.8. The summed E-state index contributed by atoms with van der Waals surface area (Å²) < 4.78 is 208. The minimum atomic E-state index is -5.22. The average molecular weight is 1240 g/mol. The van der Waals surface area contributed by atoms with Crippen LogP contribution < -0.4 is 31.1 Å².